The predicted molar refractivity (Wildman–Crippen MR) is 80.3 cm³/mol. The van der Waals surface area contributed by atoms with Gasteiger partial charge in [-0.1, -0.05) is 5.16 Å². The molecule has 1 N–H and O–H groups in total. The topological polar surface area (TPSA) is 90.1 Å². The molecule has 2 rings (SSSR count). The van der Waals surface area contributed by atoms with E-state index in [1.165, 1.54) is 6.07 Å². The summed E-state index contributed by atoms with van der Waals surface area (Å²) in [4.78, 5) is 19.0. The van der Waals surface area contributed by atoms with E-state index in [-0.39, 0.29) is 17.3 Å². The van der Waals surface area contributed by atoms with Gasteiger partial charge in [-0.25, -0.2) is 4.79 Å². The van der Waals surface area contributed by atoms with Crippen LogP contribution in [-0.4, -0.2) is 26.8 Å². The van der Waals surface area contributed by atoms with Gasteiger partial charge in [0.25, 0.3) is 0 Å². The molecule has 0 aromatic carbocycles. The van der Waals surface area contributed by atoms with E-state index >= 15 is 0 Å². The van der Waals surface area contributed by atoms with Crippen molar-refractivity contribution < 1.29 is 27.2 Å². The summed E-state index contributed by atoms with van der Waals surface area (Å²) in [6.07, 6.45) is -4.24. The average Bonchev–Trinajstić information content (AvgIpc) is 2.94. The zero-order valence-corrected chi connectivity index (χ0v) is 14.0. The zero-order chi connectivity index (χ0) is 18.8. The lowest BCUT2D eigenvalue weighted by Crippen LogP contribution is -2.34. The molecule has 1 amide bonds. The fourth-order valence-corrected chi connectivity index (χ4v) is 1.80. The molecule has 2 aromatic rings. The van der Waals surface area contributed by atoms with Crippen molar-refractivity contribution in [2.45, 2.75) is 45.5 Å². The van der Waals surface area contributed by atoms with Crippen LogP contribution in [0.5, 0.6) is 0 Å². The lowest BCUT2D eigenvalue weighted by molar-refractivity contribution is -0.141. The van der Waals surface area contributed by atoms with E-state index in [1.807, 2.05) is 0 Å². The first-order chi connectivity index (χ1) is 11.5. The summed E-state index contributed by atoms with van der Waals surface area (Å²) in [5, 5.41) is 6.14. The minimum atomic E-state index is -4.58. The van der Waals surface area contributed by atoms with Crippen molar-refractivity contribution >= 4 is 6.09 Å². The Morgan fingerprint density at radius 1 is 1.32 bits per heavy atom. The van der Waals surface area contributed by atoms with Gasteiger partial charge in [0.2, 0.25) is 11.7 Å². The fourth-order valence-electron chi connectivity index (χ4n) is 1.80. The number of alkyl halides is 3. The second-order valence-electron chi connectivity index (χ2n) is 6.25. The zero-order valence-electron chi connectivity index (χ0n) is 14.0. The van der Waals surface area contributed by atoms with Crippen molar-refractivity contribution in [3.63, 3.8) is 0 Å². The number of carbonyl (C=O) groups excluding carboxylic acids is 1. The lowest BCUT2D eigenvalue weighted by atomic mass is 10.2. The molecule has 25 heavy (non-hydrogen) atoms. The van der Waals surface area contributed by atoms with Crippen LogP contribution in [0.15, 0.2) is 22.9 Å². The molecule has 0 aliphatic rings. The first kappa shape index (κ1) is 18.7. The largest absolute Gasteiger partial charge is 0.444 e. The van der Waals surface area contributed by atoms with E-state index in [1.54, 1.807) is 27.7 Å². The van der Waals surface area contributed by atoms with Gasteiger partial charge in [0.05, 0.1) is 0 Å². The number of nitrogens with one attached hydrogen (secondary N) is 1. The maximum absolute atomic E-state index is 12.7. The minimum absolute atomic E-state index is 0.0335. The Morgan fingerprint density at radius 2 is 2.00 bits per heavy atom. The summed E-state index contributed by atoms with van der Waals surface area (Å²) in [6.45, 7) is 6.71. The van der Waals surface area contributed by atoms with Crippen LogP contribution in [0.3, 0.4) is 0 Å². The Balaban J connectivity index is 2.13. The van der Waals surface area contributed by atoms with E-state index in [0.29, 0.717) is 0 Å². The van der Waals surface area contributed by atoms with Gasteiger partial charge in [-0.15, -0.1) is 0 Å². The van der Waals surface area contributed by atoms with Crippen LogP contribution in [0.25, 0.3) is 11.4 Å². The van der Waals surface area contributed by atoms with Crippen LogP contribution in [0.4, 0.5) is 18.0 Å². The van der Waals surface area contributed by atoms with Crippen LogP contribution in [0.2, 0.25) is 0 Å². The predicted octanol–water partition coefficient (Wildman–Crippen LogP) is 3.74. The van der Waals surface area contributed by atoms with Crippen molar-refractivity contribution in [1.82, 2.24) is 20.4 Å². The molecular formula is C15H17F3N4O3. The molecule has 7 nitrogen and oxygen atoms in total. The van der Waals surface area contributed by atoms with Crippen molar-refractivity contribution in [1.29, 1.82) is 0 Å². The molecule has 0 saturated heterocycles. The van der Waals surface area contributed by atoms with Crippen LogP contribution in [0, 0.1) is 0 Å². The first-order valence-electron chi connectivity index (χ1n) is 7.32. The average molecular weight is 358 g/mol. The monoisotopic (exact) mass is 358 g/mol. The van der Waals surface area contributed by atoms with Gasteiger partial charge in [0.15, 0.2) is 0 Å². The summed E-state index contributed by atoms with van der Waals surface area (Å²) in [6, 6.07) is 1.47. The number of carbonyl (C=O) groups is 1. The van der Waals surface area contributed by atoms with Crippen LogP contribution in [-0.2, 0) is 10.9 Å². The molecule has 0 aliphatic heterocycles. The third-order valence-corrected chi connectivity index (χ3v) is 2.85. The van der Waals surface area contributed by atoms with Gasteiger partial charge < -0.3 is 14.6 Å². The highest BCUT2D eigenvalue weighted by Crippen LogP contribution is 2.30. The third kappa shape index (κ3) is 5.16. The number of amides is 1. The van der Waals surface area contributed by atoms with Crippen LogP contribution >= 0.6 is 0 Å². The minimum Gasteiger partial charge on any atom is -0.444 e. The van der Waals surface area contributed by atoms with Gasteiger partial charge in [0, 0.05) is 11.8 Å². The van der Waals surface area contributed by atoms with E-state index in [0.717, 1.165) is 12.3 Å². The molecular weight excluding hydrogens is 341 g/mol. The Morgan fingerprint density at radius 3 is 2.60 bits per heavy atom. The maximum Gasteiger partial charge on any atom is 0.433 e. The second-order valence-corrected chi connectivity index (χ2v) is 6.25. The van der Waals surface area contributed by atoms with Crippen molar-refractivity contribution in [2.24, 2.45) is 0 Å². The number of hydrogen-bond acceptors (Lipinski definition) is 6. The molecule has 0 saturated carbocycles. The molecule has 10 heteroatoms. The first-order valence-corrected chi connectivity index (χ1v) is 7.32. The fraction of sp³-hybridized carbons (Fsp3) is 0.467. The van der Waals surface area contributed by atoms with Crippen molar-refractivity contribution in [2.75, 3.05) is 0 Å². The standard InChI is InChI=1S/C15H17F3N4O3/c1-8(20-13(23)24-14(2,3)4)12-21-11(22-25-12)9-5-6-19-10(7-9)15(16,17)18/h5-8H,1-4H3,(H,20,23)/t8-/m1/s1. The smallest absolute Gasteiger partial charge is 0.433 e. The molecule has 0 fully saturated rings. The Hall–Kier alpha value is -2.65. The third-order valence-electron chi connectivity index (χ3n) is 2.85. The number of halogens is 3. The highest BCUT2D eigenvalue weighted by molar-refractivity contribution is 5.68. The number of aromatic nitrogens is 3. The van der Waals surface area contributed by atoms with Gasteiger partial charge in [0.1, 0.15) is 17.3 Å². The van der Waals surface area contributed by atoms with E-state index in [2.05, 4.69) is 20.4 Å². The number of alkyl carbamates (subject to hydrolysis) is 1. The molecule has 2 aromatic heterocycles. The summed E-state index contributed by atoms with van der Waals surface area (Å²) in [5.74, 6) is -0.00744. The highest BCUT2D eigenvalue weighted by atomic mass is 19.4. The highest BCUT2D eigenvalue weighted by Gasteiger charge is 2.33. The SMILES string of the molecule is C[C@@H](NC(=O)OC(C)(C)C)c1nc(-c2ccnc(C(F)(F)F)c2)no1. The molecule has 0 spiro atoms. The normalized spacial score (nSPS) is 13.4. The Kier molecular flexibility index (Phi) is 5.00. The molecule has 1 atom stereocenters. The number of ether oxygens (including phenoxy) is 1. The summed E-state index contributed by atoms with van der Waals surface area (Å²) < 4.78 is 48.2. The van der Waals surface area contributed by atoms with Crippen molar-refractivity contribution in [3.8, 4) is 11.4 Å². The van der Waals surface area contributed by atoms with Gasteiger partial charge >= 0.3 is 12.3 Å². The summed E-state index contributed by atoms with van der Waals surface area (Å²) in [5.41, 5.74) is -1.63. The number of rotatable bonds is 3. The van der Waals surface area contributed by atoms with E-state index in [9.17, 15) is 18.0 Å². The van der Waals surface area contributed by atoms with Crippen molar-refractivity contribution in [3.05, 3.63) is 29.9 Å². The van der Waals surface area contributed by atoms with Gasteiger partial charge in [-0.05, 0) is 39.8 Å². The summed E-state index contributed by atoms with van der Waals surface area (Å²) in [7, 11) is 0. The number of nitrogens with zero attached hydrogens (tertiary/aromatic N) is 3. The van der Waals surface area contributed by atoms with Gasteiger partial charge in [-0.2, -0.15) is 18.2 Å². The quantitative estimate of drug-likeness (QED) is 0.899. The second kappa shape index (κ2) is 6.69. The van der Waals surface area contributed by atoms with Gasteiger partial charge in [-0.3, -0.25) is 4.98 Å². The van der Waals surface area contributed by atoms with E-state index < -0.39 is 29.6 Å². The van der Waals surface area contributed by atoms with Crippen LogP contribution < -0.4 is 5.32 Å². The van der Waals surface area contributed by atoms with Crippen LogP contribution in [0.1, 0.15) is 45.3 Å². The lowest BCUT2D eigenvalue weighted by Gasteiger charge is -2.20. The molecule has 0 radical (unpaired) electrons. The molecule has 0 bridgehead atoms. The van der Waals surface area contributed by atoms with E-state index in [4.69, 9.17) is 9.26 Å². The number of hydrogen-bond donors (Lipinski definition) is 1. The summed E-state index contributed by atoms with van der Waals surface area (Å²) >= 11 is 0. The Bertz CT molecular complexity index is 753. The maximum atomic E-state index is 12.7. The molecule has 2 heterocycles. The molecule has 0 unspecified atom stereocenters. The number of pyridine rings is 1. The molecule has 136 valence electrons. The molecule has 0 aliphatic carbocycles. The Labute approximate surface area is 141 Å².